The van der Waals surface area contributed by atoms with Gasteiger partial charge in [0.25, 0.3) is 0 Å². The second kappa shape index (κ2) is 5.48. The van der Waals surface area contributed by atoms with Crippen LogP contribution in [0.15, 0.2) is 23.0 Å². The zero-order valence-corrected chi connectivity index (χ0v) is 12.8. The van der Waals surface area contributed by atoms with Gasteiger partial charge in [-0.3, -0.25) is 9.59 Å². The highest BCUT2D eigenvalue weighted by Gasteiger charge is 2.28. The van der Waals surface area contributed by atoms with E-state index < -0.39 is 5.97 Å². The third kappa shape index (κ3) is 2.47. The van der Waals surface area contributed by atoms with Gasteiger partial charge in [0.15, 0.2) is 5.43 Å². The van der Waals surface area contributed by atoms with E-state index in [-0.39, 0.29) is 18.3 Å². The first-order chi connectivity index (χ1) is 10.5. The Hall–Kier alpha value is -2.30. The van der Waals surface area contributed by atoms with Gasteiger partial charge in [0.1, 0.15) is 5.75 Å². The van der Waals surface area contributed by atoms with Crippen molar-refractivity contribution in [2.75, 3.05) is 7.11 Å². The first-order valence-electron chi connectivity index (χ1n) is 7.46. The molecular formula is C17H19NO4. The predicted octanol–water partition coefficient (Wildman–Crippen LogP) is 2.67. The van der Waals surface area contributed by atoms with Crippen molar-refractivity contribution in [3.05, 3.63) is 39.7 Å². The molecule has 0 unspecified atom stereocenters. The second-order valence-electron chi connectivity index (χ2n) is 5.77. The number of aliphatic carboxylic acids is 1. The molecule has 5 nitrogen and oxygen atoms in total. The molecule has 1 N–H and O–H groups in total. The van der Waals surface area contributed by atoms with Crippen LogP contribution < -0.4 is 10.2 Å². The minimum atomic E-state index is -0.887. The molecule has 1 aromatic heterocycles. The number of nitrogens with zero attached hydrogens (tertiary/aromatic N) is 1. The number of benzene rings is 1. The lowest BCUT2D eigenvalue weighted by atomic mass is 10.0. The lowest BCUT2D eigenvalue weighted by molar-refractivity contribution is -0.136. The lowest BCUT2D eigenvalue weighted by Crippen LogP contribution is -2.19. The fourth-order valence-corrected chi connectivity index (χ4v) is 3.02. The van der Waals surface area contributed by atoms with E-state index in [0.717, 1.165) is 24.1 Å². The monoisotopic (exact) mass is 301 g/mol. The van der Waals surface area contributed by atoms with Gasteiger partial charge in [-0.25, -0.2) is 0 Å². The summed E-state index contributed by atoms with van der Waals surface area (Å²) in [5.41, 5.74) is 2.33. The van der Waals surface area contributed by atoms with E-state index in [2.05, 4.69) is 4.57 Å². The molecule has 0 radical (unpaired) electrons. The lowest BCUT2D eigenvalue weighted by Gasteiger charge is -2.18. The Morgan fingerprint density at radius 2 is 2.14 bits per heavy atom. The average molecular weight is 301 g/mol. The Bertz CT molecular complexity index is 802. The molecule has 0 amide bonds. The summed E-state index contributed by atoms with van der Waals surface area (Å²) in [5.74, 6) is -0.248. The molecule has 2 aromatic rings. The highest BCUT2D eigenvalue weighted by atomic mass is 16.5. The summed E-state index contributed by atoms with van der Waals surface area (Å²) < 4.78 is 7.41. The van der Waals surface area contributed by atoms with Crippen molar-refractivity contribution in [1.29, 1.82) is 0 Å². The SMILES string of the molecule is COc1ccc2c(c1)c(=O)c(CCC(=O)O)c(C)n2C1CC1. The zero-order valence-electron chi connectivity index (χ0n) is 12.8. The van der Waals surface area contributed by atoms with Crippen LogP contribution in [0, 0.1) is 6.92 Å². The number of fused-ring (bicyclic) bond motifs is 1. The number of ether oxygens (including phenoxy) is 1. The Morgan fingerprint density at radius 3 is 2.73 bits per heavy atom. The van der Waals surface area contributed by atoms with Gasteiger partial charge in [-0.1, -0.05) is 0 Å². The van der Waals surface area contributed by atoms with Crippen LogP contribution in [0.1, 0.15) is 36.6 Å². The van der Waals surface area contributed by atoms with E-state index in [0.29, 0.717) is 22.7 Å². The number of hydrogen-bond acceptors (Lipinski definition) is 3. The molecule has 1 aliphatic rings. The maximum absolute atomic E-state index is 12.8. The molecule has 1 aliphatic carbocycles. The van der Waals surface area contributed by atoms with Crippen LogP contribution in [0.4, 0.5) is 0 Å². The Kier molecular flexibility index (Phi) is 3.64. The van der Waals surface area contributed by atoms with Crippen molar-refractivity contribution in [1.82, 2.24) is 4.57 Å². The van der Waals surface area contributed by atoms with Crippen molar-refractivity contribution in [2.45, 2.75) is 38.6 Å². The molecule has 1 heterocycles. The summed E-state index contributed by atoms with van der Waals surface area (Å²) in [7, 11) is 1.57. The van der Waals surface area contributed by atoms with Gasteiger partial charge in [0, 0.05) is 29.1 Å². The number of aromatic nitrogens is 1. The molecule has 0 aliphatic heterocycles. The van der Waals surface area contributed by atoms with Gasteiger partial charge in [0.2, 0.25) is 0 Å². The van der Waals surface area contributed by atoms with Crippen LogP contribution in [0.2, 0.25) is 0 Å². The molecule has 0 saturated heterocycles. The summed E-state index contributed by atoms with van der Waals surface area (Å²) in [6.45, 7) is 1.92. The summed E-state index contributed by atoms with van der Waals surface area (Å²) in [6, 6.07) is 5.94. The molecule has 1 aromatic carbocycles. The Morgan fingerprint density at radius 1 is 1.41 bits per heavy atom. The number of carboxylic acid groups (broad SMARTS) is 1. The van der Waals surface area contributed by atoms with E-state index in [1.54, 1.807) is 13.2 Å². The highest BCUT2D eigenvalue weighted by Crippen LogP contribution is 2.39. The van der Waals surface area contributed by atoms with Crippen molar-refractivity contribution in [3.63, 3.8) is 0 Å². The molecule has 116 valence electrons. The van der Waals surface area contributed by atoms with Crippen LogP contribution in [0.25, 0.3) is 10.9 Å². The van der Waals surface area contributed by atoms with E-state index in [1.165, 1.54) is 0 Å². The smallest absolute Gasteiger partial charge is 0.303 e. The third-order valence-electron chi connectivity index (χ3n) is 4.28. The van der Waals surface area contributed by atoms with E-state index in [4.69, 9.17) is 9.84 Å². The molecule has 22 heavy (non-hydrogen) atoms. The number of methoxy groups -OCH3 is 1. The highest BCUT2D eigenvalue weighted by molar-refractivity contribution is 5.82. The van der Waals surface area contributed by atoms with Crippen molar-refractivity contribution in [3.8, 4) is 5.75 Å². The topological polar surface area (TPSA) is 68.5 Å². The summed E-state index contributed by atoms with van der Waals surface area (Å²) in [4.78, 5) is 23.6. The maximum atomic E-state index is 12.8. The minimum absolute atomic E-state index is 0.0315. The van der Waals surface area contributed by atoms with Gasteiger partial charge in [-0.2, -0.15) is 0 Å². The second-order valence-corrected chi connectivity index (χ2v) is 5.77. The van der Waals surface area contributed by atoms with Crippen molar-refractivity contribution < 1.29 is 14.6 Å². The van der Waals surface area contributed by atoms with Gasteiger partial charge in [0.05, 0.1) is 12.6 Å². The molecule has 1 fully saturated rings. The van der Waals surface area contributed by atoms with E-state index in [9.17, 15) is 9.59 Å². The van der Waals surface area contributed by atoms with E-state index >= 15 is 0 Å². The standard InChI is InChI=1S/C17H19NO4/c1-10-13(6-8-16(19)20)17(21)14-9-12(22-2)5-7-15(14)18(10)11-3-4-11/h5,7,9,11H,3-4,6,8H2,1-2H3,(H,19,20). The fraction of sp³-hybridized carbons (Fsp3) is 0.412. The van der Waals surface area contributed by atoms with Gasteiger partial charge in [-0.05, 0) is 44.4 Å². The summed E-state index contributed by atoms with van der Waals surface area (Å²) >= 11 is 0. The molecule has 5 heteroatoms. The molecule has 0 spiro atoms. The zero-order chi connectivity index (χ0) is 15.9. The quantitative estimate of drug-likeness (QED) is 0.922. The fourth-order valence-electron chi connectivity index (χ4n) is 3.02. The van der Waals surface area contributed by atoms with Crippen LogP contribution in [0.3, 0.4) is 0 Å². The number of pyridine rings is 1. The first-order valence-corrected chi connectivity index (χ1v) is 7.46. The third-order valence-corrected chi connectivity index (χ3v) is 4.28. The molecule has 0 atom stereocenters. The van der Waals surface area contributed by atoms with Crippen LogP contribution >= 0.6 is 0 Å². The number of hydrogen-bond donors (Lipinski definition) is 1. The Labute approximate surface area is 128 Å². The molecule has 1 saturated carbocycles. The van der Waals surface area contributed by atoms with E-state index in [1.807, 2.05) is 19.1 Å². The molecular weight excluding hydrogens is 282 g/mol. The number of rotatable bonds is 5. The Balaban J connectivity index is 2.25. The number of carbonyl (C=O) groups is 1. The first kappa shape index (κ1) is 14.6. The van der Waals surface area contributed by atoms with Gasteiger partial charge >= 0.3 is 5.97 Å². The van der Waals surface area contributed by atoms with Crippen LogP contribution in [-0.4, -0.2) is 22.8 Å². The van der Waals surface area contributed by atoms with Crippen molar-refractivity contribution in [2.24, 2.45) is 0 Å². The molecule has 3 rings (SSSR count). The largest absolute Gasteiger partial charge is 0.497 e. The number of carboxylic acids is 1. The summed E-state index contributed by atoms with van der Waals surface area (Å²) in [6.07, 6.45) is 2.43. The summed E-state index contributed by atoms with van der Waals surface area (Å²) in [5, 5.41) is 9.52. The van der Waals surface area contributed by atoms with Crippen LogP contribution in [-0.2, 0) is 11.2 Å². The average Bonchev–Trinajstić information content (AvgIpc) is 3.31. The van der Waals surface area contributed by atoms with Gasteiger partial charge < -0.3 is 14.4 Å². The van der Waals surface area contributed by atoms with Gasteiger partial charge in [-0.15, -0.1) is 0 Å². The molecule has 0 bridgehead atoms. The predicted molar refractivity (Wildman–Crippen MR) is 83.7 cm³/mol. The maximum Gasteiger partial charge on any atom is 0.303 e. The normalized spacial score (nSPS) is 14.3. The van der Waals surface area contributed by atoms with Crippen LogP contribution in [0.5, 0.6) is 5.75 Å². The van der Waals surface area contributed by atoms with Crippen molar-refractivity contribution >= 4 is 16.9 Å². The minimum Gasteiger partial charge on any atom is -0.497 e.